The lowest BCUT2D eigenvalue weighted by molar-refractivity contribution is -0.148. The van der Waals surface area contributed by atoms with Gasteiger partial charge >= 0.3 is 5.97 Å². The van der Waals surface area contributed by atoms with Crippen LogP contribution in [0.15, 0.2) is 11.9 Å². The Kier molecular flexibility index (Phi) is 5.39. The first-order chi connectivity index (χ1) is 13.6. The van der Waals surface area contributed by atoms with Gasteiger partial charge in [0.2, 0.25) is 0 Å². The van der Waals surface area contributed by atoms with Gasteiger partial charge in [0, 0.05) is 6.42 Å². The van der Waals surface area contributed by atoms with E-state index in [1.165, 1.54) is 0 Å². The molecule has 3 N–H and O–H groups in total. The second-order valence-corrected chi connectivity index (χ2v) is 11.1. The number of aliphatic hydroxyl groups is 2. The fourth-order valence-electron chi connectivity index (χ4n) is 8.34. The first kappa shape index (κ1) is 21.3. The summed E-state index contributed by atoms with van der Waals surface area (Å²) < 4.78 is 14.4. The molecule has 29 heavy (non-hydrogen) atoms. The lowest BCUT2D eigenvalue weighted by Gasteiger charge is -2.61. The minimum Gasteiger partial charge on any atom is -0.481 e. The molecule has 0 aliphatic heterocycles. The minimum absolute atomic E-state index is 0.125. The number of carbonyl (C=O) groups is 1. The van der Waals surface area contributed by atoms with Gasteiger partial charge in [0.25, 0.3) is 0 Å². The fraction of sp³-hybridized carbons (Fsp3) is 0.875. The zero-order chi connectivity index (χ0) is 21.1. The summed E-state index contributed by atoms with van der Waals surface area (Å²) in [5.74, 6) is 0.703. The molecule has 5 heteroatoms. The van der Waals surface area contributed by atoms with Gasteiger partial charge < -0.3 is 15.3 Å². The molecule has 1 unspecified atom stereocenters. The Morgan fingerprint density at radius 1 is 1.21 bits per heavy atom. The summed E-state index contributed by atoms with van der Waals surface area (Å²) in [6.07, 6.45) is 6.49. The van der Waals surface area contributed by atoms with Crippen LogP contribution in [0.4, 0.5) is 4.39 Å². The van der Waals surface area contributed by atoms with E-state index in [0.29, 0.717) is 37.0 Å². The Bertz CT molecular complexity index is 692. The molecule has 0 spiro atoms. The first-order valence-electron chi connectivity index (χ1n) is 11.5. The van der Waals surface area contributed by atoms with Crippen LogP contribution in [0.1, 0.15) is 72.1 Å². The van der Waals surface area contributed by atoms with Crippen molar-refractivity contribution in [1.82, 2.24) is 0 Å². The van der Waals surface area contributed by atoms with Crippen LogP contribution in [0.2, 0.25) is 0 Å². The number of hydrogen-bond acceptors (Lipinski definition) is 3. The molecule has 0 aromatic rings. The van der Waals surface area contributed by atoms with Crippen molar-refractivity contribution in [2.24, 2.45) is 46.3 Å². The van der Waals surface area contributed by atoms with Gasteiger partial charge in [-0.2, -0.15) is 0 Å². The standard InChI is InChI=1S/C24H37FO4/c1-13(4-7-21(28)29)15-5-6-16-22-17(8-9-23(15,16)2)24(3)12-18(25)19(26)10-14(24)11-20(22)27/h12-17,19-20,22,26-27H,4-11H2,1-3H3,(H,28,29)/t13?,14-,15+,16-,17-,19-,20+,22-,23+,24-/m0/s1. The van der Waals surface area contributed by atoms with Crippen molar-refractivity contribution in [2.75, 3.05) is 0 Å². The predicted octanol–water partition coefficient (Wildman–Crippen LogP) is 4.55. The SMILES string of the molecule is CC(CCC(=O)O)[C@H]1CC[C@H]2[C@@H]3[C@H](O)C[C@@H]4C[C@H](O)C(F)=C[C@]4(C)[C@H]3CC[C@]12C. The van der Waals surface area contributed by atoms with Gasteiger partial charge in [-0.15, -0.1) is 0 Å². The number of carboxylic acid groups (broad SMARTS) is 1. The van der Waals surface area contributed by atoms with E-state index in [1.807, 2.05) is 0 Å². The average Bonchev–Trinajstić information content (AvgIpc) is 2.99. The number of aliphatic carboxylic acids is 1. The Morgan fingerprint density at radius 3 is 2.62 bits per heavy atom. The highest BCUT2D eigenvalue weighted by molar-refractivity contribution is 5.66. The zero-order valence-corrected chi connectivity index (χ0v) is 18.0. The van der Waals surface area contributed by atoms with E-state index in [4.69, 9.17) is 5.11 Å². The first-order valence-corrected chi connectivity index (χ1v) is 11.5. The lowest BCUT2D eigenvalue weighted by atomic mass is 9.44. The Morgan fingerprint density at radius 2 is 1.93 bits per heavy atom. The molecule has 4 aliphatic rings. The molecule has 4 nitrogen and oxygen atoms in total. The monoisotopic (exact) mass is 408 g/mol. The number of hydrogen-bond donors (Lipinski definition) is 3. The second kappa shape index (κ2) is 7.33. The third-order valence-corrected chi connectivity index (χ3v) is 9.83. The molecule has 0 bridgehead atoms. The molecular weight excluding hydrogens is 371 g/mol. The Hall–Kier alpha value is -0.940. The molecule has 10 atom stereocenters. The maximum Gasteiger partial charge on any atom is 0.303 e. The number of aliphatic hydroxyl groups excluding tert-OH is 2. The van der Waals surface area contributed by atoms with E-state index in [0.717, 1.165) is 25.7 Å². The molecular formula is C24H37FO4. The highest BCUT2D eigenvalue weighted by Crippen LogP contribution is 2.68. The van der Waals surface area contributed by atoms with Crippen LogP contribution in [-0.2, 0) is 4.79 Å². The van der Waals surface area contributed by atoms with Crippen molar-refractivity contribution in [2.45, 2.75) is 84.3 Å². The van der Waals surface area contributed by atoms with Crippen molar-refractivity contribution < 1.29 is 24.5 Å². The molecule has 4 rings (SSSR count). The normalized spacial score (nSPS) is 50.1. The van der Waals surface area contributed by atoms with E-state index in [9.17, 15) is 19.4 Å². The maximum absolute atomic E-state index is 14.4. The third-order valence-electron chi connectivity index (χ3n) is 9.83. The van der Waals surface area contributed by atoms with Crippen LogP contribution in [0.25, 0.3) is 0 Å². The smallest absolute Gasteiger partial charge is 0.303 e. The summed E-state index contributed by atoms with van der Waals surface area (Å²) in [4.78, 5) is 11.0. The van der Waals surface area contributed by atoms with Crippen molar-refractivity contribution in [3.8, 4) is 0 Å². The van der Waals surface area contributed by atoms with Gasteiger partial charge in [0.1, 0.15) is 11.9 Å². The molecule has 4 aliphatic carbocycles. The third kappa shape index (κ3) is 3.27. The Labute approximate surface area is 173 Å². The maximum atomic E-state index is 14.4. The highest BCUT2D eigenvalue weighted by atomic mass is 19.1. The quantitative estimate of drug-likeness (QED) is 0.638. The Balaban J connectivity index is 1.60. The highest BCUT2D eigenvalue weighted by Gasteiger charge is 2.62. The van der Waals surface area contributed by atoms with Crippen LogP contribution in [0.5, 0.6) is 0 Å². The summed E-state index contributed by atoms with van der Waals surface area (Å²) >= 11 is 0. The van der Waals surface area contributed by atoms with Gasteiger partial charge in [-0.25, -0.2) is 4.39 Å². The molecule has 164 valence electrons. The fourth-order valence-corrected chi connectivity index (χ4v) is 8.34. The predicted molar refractivity (Wildman–Crippen MR) is 109 cm³/mol. The van der Waals surface area contributed by atoms with E-state index in [1.54, 1.807) is 6.08 Å². The van der Waals surface area contributed by atoms with Crippen LogP contribution < -0.4 is 0 Å². The second-order valence-electron chi connectivity index (χ2n) is 11.1. The number of fused-ring (bicyclic) bond motifs is 5. The van der Waals surface area contributed by atoms with Gasteiger partial charge in [-0.3, -0.25) is 4.79 Å². The van der Waals surface area contributed by atoms with E-state index in [2.05, 4.69) is 20.8 Å². The van der Waals surface area contributed by atoms with Gasteiger partial charge in [0.15, 0.2) is 0 Å². The summed E-state index contributed by atoms with van der Waals surface area (Å²) in [7, 11) is 0. The van der Waals surface area contributed by atoms with Crippen molar-refractivity contribution in [3.05, 3.63) is 11.9 Å². The van der Waals surface area contributed by atoms with Gasteiger partial charge in [-0.05, 0) is 97.4 Å². The number of allylic oxidation sites excluding steroid dienone is 1. The molecule has 3 saturated carbocycles. The van der Waals surface area contributed by atoms with E-state index in [-0.39, 0.29) is 40.8 Å². The summed E-state index contributed by atoms with van der Waals surface area (Å²) in [6, 6.07) is 0. The van der Waals surface area contributed by atoms with Crippen LogP contribution in [0, 0.1) is 46.3 Å². The van der Waals surface area contributed by atoms with Crippen LogP contribution >= 0.6 is 0 Å². The van der Waals surface area contributed by atoms with E-state index < -0.39 is 18.2 Å². The van der Waals surface area contributed by atoms with Crippen LogP contribution in [0.3, 0.4) is 0 Å². The van der Waals surface area contributed by atoms with Crippen molar-refractivity contribution >= 4 is 5.97 Å². The summed E-state index contributed by atoms with van der Waals surface area (Å²) in [6.45, 7) is 6.71. The van der Waals surface area contributed by atoms with E-state index >= 15 is 0 Å². The number of carboxylic acids is 1. The topological polar surface area (TPSA) is 77.8 Å². The average molecular weight is 409 g/mol. The number of halogens is 1. The van der Waals surface area contributed by atoms with Gasteiger partial charge in [-0.1, -0.05) is 20.8 Å². The molecule has 3 fully saturated rings. The minimum atomic E-state index is -1.02. The molecule has 0 amide bonds. The molecule has 0 aromatic carbocycles. The molecule has 0 saturated heterocycles. The summed E-state index contributed by atoms with van der Waals surface area (Å²) in [5.41, 5.74) is -0.165. The van der Waals surface area contributed by atoms with Crippen molar-refractivity contribution in [3.63, 3.8) is 0 Å². The molecule has 0 aromatic heterocycles. The number of rotatable bonds is 4. The summed E-state index contributed by atoms with van der Waals surface area (Å²) in [5, 5.41) is 30.3. The van der Waals surface area contributed by atoms with Crippen molar-refractivity contribution in [1.29, 1.82) is 0 Å². The molecule has 0 heterocycles. The lowest BCUT2D eigenvalue weighted by Crippen LogP contribution is -2.58. The molecule has 0 radical (unpaired) electrons. The zero-order valence-electron chi connectivity index (χ0n) is 18.0. The van der Waals surface area contributed by atoms with Crippen LogP contribution in [-0.4, -0.2) is 33.5 Å². The van der Waals surface area contributed by atoms with Gasteiger partial charge in [0.05, 0.1) is 6.10 Å². The largest absolute Gasteiger partial charge is 0.481 e.